The van der Waals surface area contributed by atoms with Gasteiger partial charge in [-0.25, -0.2) is 9.87 Å². The number of aryl methyl sites for hydroxylation is 1. The molecule has 0 spiro atoms. The number of aromatic nitrogens is 1. The van der Waals surface area contributed by atoms with Crippen LogP contribution >= 0.6 is 0 Å². The number of benzene rings is 1. The van der Waals surface area contributed by atoms with E-state index in [-0.39, 0.29) is 36.8 Å². The zero-order chi connectivity index (χ0) is 18.4. The zero-order valence-electron chi connectivity index (χ0n) is 13.5. The summed E-state index contributed by atoms with van der Waals surface area (Å²) in [4.78, 5) is 28.8. The minimum atomic E-state index is -0.668. The van der Waals surface area contributed by atoms with Gasteiger partial charge in [-0.15, -0.1) is 0 Å². The number of aliphatic hydroxyl groups excluding tert-OH is 2. The Morgan fingerprint density at radius 1 is 1.28 bits per heavy atom. The highest BCUT2D eigenvalue weighted by atomic mass is 19.1. The van der Waals surface area contributed by atoms with Crippen molar-refractivity contribution in [2.45, 2.75) is 6.61 Å². The van der Waals surface area contributed by atoms with E-state index in [1.165, 1.54) is 29.9 Å². The molecule has 0 fully saturated rings. The van der Waals surface area contributed by atoms with E-state index in [4.69, 9.17) is 15.1 Å². The molecule has 1 aromatic heterocycles. The number of anilines is 2. The van der Waals surface area contributed by atoms with Crippen molar-refractivity contribution in [2.75, 3.05) is 18.5 Å². The van der Waals surface area contributed by atoms with Gasteiger partial charge in [0.1, 0.15) is 5.82 Å². The molecule has 0 unspecified atom stereocenters. The van der Waals surface area contributed by atoms with Crippen molar-refractivity contribution in [1.29, 1.82) is 0 Å². The van der Waals surface area contributed by atoms with Crippen molar-refractivity contribution < 1.29 is 24.2 Å². The van der Waals surface area contributed by atoms with Crippen molar-refractivity contribution in [2.24, 2.45) is 7.05 Å². The number of carbonyl (C=O) groups is 1. The van der Waals surface area contributed by atoms with Gasteiger partial charge < -0.3 is 20.1 Å². The molecule has 2 aromatic rings. The Balaban J connectivity index is 2.34. The molecule has 0 saturated heterocycles. The predicted molar refractivity (Wildman–Crippen MR) is 87.8 cm³/mol. The minimum absolute atomic E-state index is 0.0378. The van der Waals surface area contributed by atoms with E-state index in [0.717, 1.165) is 12.1 Å². The Kier molecular flexibility index (Phi) is 6.23. The lowest BCUT2D eigenvalue weighted by Gasteiger charge is -2.14. The summed E-state index contributed by atoms with van der Waals surface area (Å²) in [6.07, 6.45) is 1.28. The highest BCUT2D eigenvalue weighted by molar-refractivity contribution is 5.99. The van der Waals surface area contributed by atoms with Crippen LogP contribution in [0.5, 0.6) is 0 Å². The van der Waals surface area contributed by atoms with Gasteiger partial charge in [0.15, 0.2) is 0 Å². The van der Waals surface area contributed by atoms with Crippen molar-refractivity contribution in [3.8, 4) is 0 Å². The first-order valence-electron chi connectivity index (χ1n) is 7.36. The fourth-order valence-corrected chi connectivity index (χ4v) is 2.03. The van der Waals surface area contributed by atoms with Crippen LogP contribution in [0.2, 0.25) is 0 Å². The maximum atomic E-state index is 14.1. The van der Waals surface area contributed by atoms with Gasteiger partial charge in [-0.2, -0.15) is 0 Å². The smallest absolute Gasteiger partial charge is 0.278 e. The fraction of sp³-hybridized carbons (Fsp3) is 0.250. The van der Waals surface area contributed by atoms with Crippen LogP contribution in [0.25, 0.3) is 0 Å². The Morgan fingerprint density at radius 2 is 2.04 bits per heavy atom. The van der Waals surface area contributed by atoms with Gasteiger partial charge in [-0.05, 0) is 17.7 Å². The van der Waals surface area contributed by atoms with E-state index < -0.39 is 17.3 Å². The first-order chi connectivity index (χ1) is 12.0. The van der Waals surface area contributed by atoms with Gasteiger partial charge >= 0.3 is 0 Å². The maximum Gasteiger partial charge on any atom is 0.278 e. The topological polar surface area (TPSA) is 113 Å². The fourth-order valence-electron chi connectivity index (χ4n) is 2.03. The monoisotopic (exact) mass is 351 g/mol. The number of nitrogens with one attached hydrogen (secondary N) is 2. The summed E-state index contributed by atoms with van der Waals surface area (Å²) in [6.45, 7) is -0.683. The molecule has 1 aromatic carbocycles. The third-order valence-corrected chi connectivity index (χ3v) is 3.32. The molecule has 1 amide bonds. The van der Waals surface area contributed by atoms with Gasteiger partial charge in [-0.3, -0.25) is 14.4 Å². The van der Waals surface area contributed by atoms with Crippen LogP contribution in [0.4, 0.5) is 15.8 Å². The van der Waals surface area contributed by atoms with Gasteiger partial charge in [-0.1, -0.05) is 6.07 Å². The third kappa shape index (κ3) is 4.63. The molecular formula is C16H18FN3O5. The number of hydrogen-bond acceptors (Lipinski definition) is 6. The van der Waals surface area contributed by atoms with Crippen LogP contribution in [0, 0.1) is 5.82 Å². The van der Waals surface area contributed by atoms with Crippen LogP contribution in [-0.4, -0.2) is 33.9 Å². The first kappa shape index (κ1) is 18.6. The molecule has 0 aliphatic rings. The Hall–Kier alpha value is -2.75. The number of halogens is 1. The Morgan fingerprint density at radius 3 is 2.68 bits per heavy atom. The van der Waals surface area contributed by atoms with Gasteiger partial charge in [0.25, 0.3) is 11.5 Å². The summed E-state index contributed by atoms with van der Waals surface area (Å²) < 4.78 is 15.3. The SMILES string of the molecule is Cn1cc(C(=O)NOCCO)c(Nc2ccc(CO)cc2F)cc1=O. The second-order valence-corrected chi connectivity index (χ2v) is 5.15. The maximum absolute atomic E-state index is 14.1. The number of carbonyl (C=O) groups excluding carboxylic acids is 1. The van der Waals surface area contributed by atoms with E-state index in [2.05, 4.69) is 10.8 Å². The predicted octanol–water partition coefficient (Wildman–Crippen LogP) is 0.414. The highest BCUT2D eigenvalue weighted by Gasteiger charge is 2.15. The Labute approximate surface area is 142 Å². The molecule has 25 heavy (non-hydrogen) atoms. The molecule has 9 heteroatoms. The Bertz CT molecular complexity index is 822. The minimum Gasteiger partial charge on any atom is -0.394 e. The summed E-state index contributed by atoms with van der Waals surface area (Å²) in [6, 6.07) is 5.20. The van der Waals surface area contributed by atoms with Crippen LogP contribution in [0.3, 0.4) is 0 Å². The molecule has 0 bridgehead atoms. The molecule has 2 rings (SSSR count). The molecule has 4 N–H and O–H groups in total. The number of nitrogens with zero attached hydrogens (tertiary/aromatic N) is 1. The van der Waals surface area contributed by atoms with E-state index in [1.807, 2.05) is 0 Å². The van der Waals surface area contributed by atoms with E-state index in [9.17, 15) is 14.0 Å². The highest BCUT2D eigenvalue weighted by Crippen LogP contribution is 2.23. The number of aliphatic hydroxyl groups is 2. The van der Waals surface area contributed by atoms with E-state index in [1.54, 1.807) is 0 Å². The average Bonchev–Trinajstić information content (AvgIpc) is 2.59. The number of amides is 1. The van der Waals surface area contributed by atoms with Gasteiger partial charge in [0, 0.05) is 19.3 Å². The number of hydroxylamine groups is 1. The van der Waals surface area contributed by atoms with Crippen molar-refractivity contribution >= 4 is 17.3 Å². The number of hydrogen-bond donors (Lipinski definition) is 4. The quantitative estimate of drug-likeness (QED) is 0.425. The molecule has 0 saturated carbocycles. The summed E-state index contributed by atoms with van der Waals surface area (Å²) >= 11 is 0. The van der Waals surface area contributed by atoms with Crippen LogP contribution in [0.1, 0.15) is 15.9 Å². The lowest BCUT2D eigenvalue weighted by molar-refractivity contribution is 0.0168. The summed E-state index contributed by atoms with van der Waals surface area (Å²) in [7, 11) is 1.47. The van der Waals surface area contributed by atoms with Gasteiger partial charge in [0.05, 0.1) is 36.8 Å². The normalized spacial score (nSPS) is 10.6. The summed E-state index contributed by atoms with van der Waals surface area (Å²) in [5.41, 5.74) is 2.29. The van der Waals surface area contributed by atoms with Crippen molar-refractivity contribution in [3.05, 3.63) is 57.8 Å². The molecule has 0 aliphatic carbocycles. The molecule has 1 heterocycles. The molecule has 134 valence electrons. The van der Waals surface area contributed by atoms with E-state index in [0.29, 0.717) is 5.56 Å². The van der Waals surface area contributed by atoms with Crippen LogP contribution < -0.4 is 16.4 Å². The van der Waals surface area contributed by atoms with E-state index >= 15 is 0 Å². The molecule has 0 radical (unpaired) electrons. The second kappa shape index (κ2) is 8.38. The molecule has 0 atom stereocenters. The lowest BCUT2D eigenvalue weighted by Crippen LogP contribution is -2.28. The lowest BCUT2D eigenvalue weighted by atomic mass is 10.1. The number of rotatable bonds is 7. The molecule has 8 nitrogen and oxygen atoms in total. The zero-order valence-corrected chi connectivity index (χ0v) is 13.5. The van der Waals surface area contributed by atoms with Gasteiger partial charge in [0.2, 0.25) is 0 Å². The van der Waals surface area contributed by atoms with Crippen molar-refractivity contribution in [1.82, 2.24) is 10.0 Å². The molecular weight excluding hydrogens is 333 g/mol. The summed E-state index contributed by atoms with van der Waals surface area (Å²) in [5.74, 6) is -1.31. The standard InChI is InChI=1S/C16H18FN3O5/c1-20-8-11(16(24)19-25-5-4-21)14(7-15(20)23)18-13-3-2-10(9-22)6-12(13)17/h2-3,6-8,18,21-22H,4-5,9H2,1H3,(H,19,24). The van der Waals surface area contributed by atoms with Crippen LogP contribution in [0.15, 0.2) is 35.3 Å². The second-order valence-electron chi connectivity index (χ2n) is 5.15. The third-order valence-electron chi connectivity index (χ3n) is 3.32. The number of pyridine rings is 1. The molecule has 0 aliphatic heterocycles. The average molecular weight is 351 g/mol. The van der Waals surface area contributed by atoms with Crippen molar-refractivity contribution in [3.63, 3.8) is 0 Å². The first-order valence-corrected chi connectivity index (χ1v) is 7.36. The largest absolute Gasteiger partial charge is 0.394 e. The van der Waals surface area contributed by atoms with Crippen LogP contribution in [-0.2, 0) is 18.5 Å². The summed E-state index contributed by atoms with van der Waals surface area (Å²) in [5, 5.41) is 20.4.